The van der Waals surface area contributed by atoms with Crippen LogP contribution in [0.15, 0.2) is 18.2 Å². The predicted octanol–water partition coefficient (Wildman–Crippen LogP) is 0.0340. The third-order valence-electron chi connectivity index (χ3n) is 5.16. The lowest BCUT2D eigenvalue weighted by molar-refractivity contribution is -0.122. The van der Waals surface area contributed by atoms with Crippen LogP contribution < -0.4 is 14.8 Å². The molecule has 10 heteroatoms. The van der Waals surface area contributed by atoms with Gasteiger partial charge in [-0.05, 0) is 24.1 Å². The molecule has 0 bridgehead atoms. The molecule has 3 N–H and O–H groups in total. The summed E-state index contributed by atoms with van der Waals surface area (Å²) in [7, 11) is 3.23. The Morgan fingerprint density at radius 3 is 2.37 bits per heavy atom. The third-order valence-corrected chi connectivity index (χ3v) is 5.16. The number of ether oxygens (including phenoxy) is 3. The Morgan fingerprint density at radius 2 is 1.80 bits per heavy atom. The molecule has 30 heavy (non-hydrogen) atoms. The second-order valence-electron chi connectivity index (χ2n) is 7.00. The molecule has 0 saturated carbocycles. The molecule has 1 aromatic rings. The van der Waals surface area contributed by atoms with Gasteiger partial charge in [0.25, 0.3) is 6.47 Å². The van der Waals surface area contributed by atoms with Crippen LogP contribution in [0.2, 0.25) is 0 Å². The standard InChI is InChI=1S/C19H29N3O5.CH2O2/c1-25-15-9-14(10-16(11-15)26-2)3-4-20-19(24)22-12-17(18(23)13-22)21-5-7-27-8-6-21;2-1-3/h9-11,17-18,23H,3-8,12-13H2,1-2H3,(H,20,24);1H,(H,2,3)/t17-,18-;/m0./s1. The summed E-state index contributed by atoms with van der Waals surface area (Å²) in [5, 5.41) is 20.2. The Morgan fingerprint density at radius 1 is 1.20 bits per heavy atom. The molecule has 0 spiro atoms. The summed E-state index contributed by atoms with van der Waals surface area (Å²) in [5.74, 6) is 1.46. The van der Waals surface area contributed by atoms with Crippen molar-refractivity contribution in [2.45, 2.75) is 18.6 Å². The van der Waals surface area contributed by atoms with E-state index in [1.165, 1.54) is 0 Å². The first kappa shape index (κ1) is 23.7. The van der Waals surface area contributed by atoms with Crippen LogP contribution in [0.3, 0.4) is 0 Å². The number of carbonyl (C=O) groups excluding carboxylic acids is 1. The van der Waals surface area contributed by atoms with Crippen LogP contribution in [-0.4, -0.2) is 105 Å². The first-order valence-electron chi connectivity index (χ1n) is 9.84. The van der Waals surface area contributed by atoms with Crippen molar-refractivity contribution in [2.24, 2.45) is 0 Å². The number of aliphatic hydroxyl groups excluding tert-OH is 1. The minimum absolute atomic E-state index is 0.0118. The van der Waals surface area contributed by atoms with Crippen molar-refractivity contribution in [3.63, 3.8) is 0 Å². The molecule has 2 fully saturated rings. The van der Waals surface area contributed by atoms with Crippen LogP contribution in [0.25, 0.3) is 0 Å². The highest BCUT2D eigenvalue weighted by molar-refractivity contribution is 5.74. The molecule has 10 nitrogen and oxygen atoms in total. The Bertz CT molecular complexity index is 660. The number of carbonyl (C=O) groups is 2. The maximum Gasteiger partial charge on any atom is 0.317 e. The molecule has 2 atom stereocenters. The van der Waals surface area contributed by atoms with Gasteiger partial charge in [0.15, 0.2) is 0 Å². The van der Waals surface area contributed by atoms with Gasteiger partial charge in [0, 0.05) is 38.8 Å². The Balaban J connectivity index is 0.00000101. The summed E-state index contributed by atoms with van der Waals surface area (Å²) in [4.78, 5) is 24.7. The number of amides is 2. The SMILES string of the molecule is COc1cc(CCNC(=O)N2C[C@H](O)[C@@H](N3CCOCC3)C2)cc(OC)c1.O=CO. The van der Waals surface area contributed by atoms with Gasteiger partial charge >= 0.3 is 6.03 Å². The highest BCUT2D eigenvalue weighted by Crippen LogP contribution is 2.22. The lowest BCUT2D eigenvalue weighted by Gasteiger charge is -2.33. The number of rotatable bonds is 6. The molecule has 2 aliphatic heterocycles. The molecule has 0 aliphatic carbocycles. The molecule has 2 heterocycles. The monoisotopic (exact) mass is 425 g/mol. The van der Waals surface area contributed by atoms with E-state index in [0.29, 0.717) is 39.3 Å². The highest BCUT2D eigenvalue weighted by atomic mass is 16.5. The summed E-state index contributed by atoms with van der Waals surface area (Å²) < 4.78 is 15.9. The molecule has 168 valence electrons. The van der Waals surface area contributed by atoms with Crippen molar-refractivity contribution in [2.75, 3.05) is 60.2 Å². The molecule has 0 radical (unpaired) electrons. The smallest absolute Gasteiger partial charge is 0.317 e. The first-order valence-corrected chi connectivity index (χ1v) is 9.84. The molecule has 2 saturated heterocycles. The number of likely N-dealkylation sites (tertiary alicyclic amines) is 1. The van der Waals surface area contributed by atoms with Gasteiger partial charge in [0.2, 0.25) is 0 Å². The Labute approximate surface area is 176 Å². The summed E-state index contributed by atoms with van der Waals surface area (Å²) >= 11 is 0. The van der Waals surface area contributed by atoms with Crippen LogP contribution in [0.5, 0.6) is 11.5 Å². The van der Waals surface area contributed by atoms with Crippen LogP contribution in [0, 0.1) is 0 Å². The number of hydrogen-bond acceptors (Lipinski definition) is 7. The van der Waals surface area contributed by atoms with Crippen LogP contribution in [-0.2, 0) is 16.0 Å². The summed E-state index contributed by atoms with van der Waals surface area (Å²) in [6.07, 6.45) is 0.152. The first-order chi connectivity index (χ1) is 14.5. The number of methoxy groups -OCH3 is 2. The zero-order valence-corrected chi connectivity index (χ0v) is 17.5. The van der Waals surface area contributed by atoms with E-state index in [4.69, 9.17) is 24.1 Å². The van der Waals surface area contributed by atoms with Crippen molar-refractivity contribution in [3.05, 3.63) is 23.8 Å². The molecule has 3 rings (SSSR count). The molecule has 0 unspecified atom stereocenters. The second-order valence-corrected chi connectivity index (χ2v) is 7.00. The number of hydrogen-bond donors (Lipinski definition) is 3. The number of urea groups is 1. The molecular weight excluding hydrogens is 394 g/mol. The Hall–Kier alpha value is -2.56. The second kappa shape index (κ2) is 12.2. The van der Waals surface area contributed by atoms with Crippen molar-refractivity contribution < 1.29 is 34.0 Å². The Kier molecular flexibility index (Phi) is 9.65. The van der Waals surface area contributed by atoms with Crippen LogP contribution in [0.4, 0.5) is 4.79 Å². The van der Waals surface area contributed by atoms with Crippen molar-refractivity contribution in [3.8, 4) is 11.5 Å². The normalized spacial score (nSPS) is 21.4. The van der Waals surface area contributed by atoms with Gasteiger partial charge in [0.1, 0.15) is 11.5 Å². The van der Waals surface area contributed by atoms with Gasteiger partial charge < -0.3 is 34.6 Å². The molecule has 1 aromatic carbocycles. The van der Waals surface area contributed by atoms with Crippen molar-refractivity contribution in [1.82, 2.24) is 15.1 Å². The number of benzene rings is 1. The fourth-order valence-electron chi connectivity index (χ4n) is 3.64. The summed E-state index contributed by atoms with van der Waals surface area (Å²) in [6, 6.07) is 5.53. The largest absolute Gasteiger partial charge is 0.497 e. The van der Waals surface area contributed by atoms with Crippen molar-refractivity contribution in [1.29, 1.82) is 0 Å². The van der Waals surface area contributed by atoms with Gasteiger partial charge in [-0.2, -0.15) is 0 Å². The van der Waals surface area contributed by atoms with Gasteiger partial charge in [-0.25, -0.2) is 4.79 Å². The van der Waals surface area contributed by atoms with Gasteiger partial charge in [0.05, 0.1) is 39.6 Å². The van der Waals surface area contributed by atoms with E-state index in [0.717, 1.165) is 30.2 Å². The molecule has 0 aromatic heterocycles. The summed E-state index contributed by atoms with van der Waals surface area (Å²) in [5.41, 5.74) is 1.03. The van der Waals surface area contributed by atoms with Gasteiger partial charge in [-0.3, -0.25) is 9.69 Å². The minimum atomic E-state index is -0.517. The van der Waals surface area contributed by atoms with Gasteiger partial charge in [-0.15, -0.1) is 0 Å². The topological polar surface area (TPSA) is 121 Å². The fraction of sp³-hybridized carbons (Fsp3) is 0.600. The number of nitrogens with one attached hydrogen (secondary N) is 1. The molecule has 2 aliphatic rings. The zero-order valence-electron chi connectivity index (χ0n) is 17.5. The van der Waals surface area contributed by atoms with E-state index in [1.54, 1.807) is 19.1 Å². The predicted molar refractivity (Wildman–Crippen MR) is 109 cm³/mol. The van der Waals surface area contributed by atoms with E-state index in [-0.39, 0.29) is 18.5 Å². The van der Waals surface area contributed by atoms with Crippen LogP contribution >= 0.6 is 0 Å². The average Bonchev–Trinajstić information content (AvgIpc) is 3.16. The zero-order chi connectivity index (χ0) is 21.9. The number of morpholine rings is 1. The number of aliphatic hydroxyl groups is 1. The van der Waals surface area contributed by atoms with E-state index in [1.807, 2.05) is 18.2 Å². The van der Waals surface area contributed by atoms with Gasteiger partial charge in [-0.1, -0.05) is 0 Å². The maximum atomic E-state index is 12.5. The number of nitrogens with zero attached hydrogens (tertiary/aromatic N) is 2. The van der Waals surface area contributed by atoms with E-state index in [2.05, 4.69) is 10.2 Å². The molecular formula is C20H31N3O7. The summed E-state index contributed by atoms with van der Waals surface area (Å²) in [6.45, 7) is 4.12. The quantitative estimate of drug-likeness (QED) is 0.546. The van der Waals surface area contributed by atoms with E-state index >= 15 is 0 Å². The number of carboxylic acid groups (broad SMARTS) is 1. The fourth-order valence-corrected chi connectivity index (χ4v) is 3.64. The average molecular weight is 425 g/mol. The molecule has 2 amide bonds. The van der Waals surface area contributed by atoms with E-state index in [9.17, 15) is 9.90 Å². The van der Waals surface area contributed by atoms with E-state index < -0.39 is 6.10 Å². The van der Waals surface area contributed by atoms with Crippen molar-refractivity contribution >= 4 is 12.5 Å². The minimum Gasteiger partial charge on any atom is -0.497 e. The highest BCUT2D eigenvalue weighted by Gasteiger charge is 2.38. The maximum absolute atomic E-state index is 12.5. The number of β-amino-alcohol motifs (C(OH)–C–C–N with tert-alkyl or cyclic N) is 1. The lowest BCUT2D eigenvalue weighted by atomic mass is 10.1. The lowest BCUT2D eigenvalue weighted by Crippen LogP contribution is -2.49. The van der Waals surface area contributed by atoms with Crippen LogP contribution in [0.1, 0.15) is 5.56 Å². The third kappa shape index (κ3) is 6.75.